The van der Waals surface area contributed by atoms with Gasteiger partial charge in [0.05, 0.1) is 23.1 Å². The number of rotatable bonds is 6. The lowest BCUT2D eigenvalue weighted by Crippen LogP contribution is -2.37. The number of unbranched alkanes of at least 4 members (excludes halogenated alkanes) is 1. The van der Waals surface area contributed by atoms with Gasteiger partial charge in [0, 0.05) is 7.26 Å². The molecule has 0 atom stereocenters. The van der Waals surface area contributed by atoms with Crippen LogP contribution in [0.2, 0.25) is 0 Å². The Kier molecular flexibility index (Phi) is 9.07. The zero-order chi connectivity index (χ0) is 16.0. The molecule has 1 N–H and O–H groups in total. The van der Waals surface area contributed by atoms with Crippen molar-refractivity contribution in [3.05, 3.63) is 0 Å². The molecule has 0 saturated heterocycles. The van der Waals surface area contributed by atoms with Gasteiger partial charge in [-0.1, -0.05) is 32.6 Å². The summed E-state index contributed by atoms with van der Waals surface area (Å²) < 4.78 is 0. The molecule has 3 fully saturated rings. The Morgan fingerprint density at radius 3 is 1.21 bits per heavy atom. The van der Waals surface area contributed by atoms with Gasteiger partial charge in [0.25, 0.3) is 0 Å². The molecule has 2 heteroatoms. The standard InChI is InChI=1S/C22H42P.H2O/c1-2-3-19-23(20-13-7-4-8-14-20,21-15-9-5-10-16-21)22-17-11-6-12-18-22;/h20-22H,2-19H2,1H3;1H2/q+1;/p-1. The van der Waals surface area contributed by atoms with Crippen LogP contribution in [0.25, 0.3) is 0 Å². The summed E-state index contributed by atoms with van der Waals surface area (Å²) in [6, 6.07) is 0. The summed E-state index contributed by atoms with van der Waals surface area (Å²) in [6.45, 7) is 2.44. The minimum absolute atomic E-state index is 0. The van der Waals surface area contributed by atoms with E-state index in [0.717, 1.165) is 0 Å². The summed E-state index contributed by atoms with van der Waals surface area (Å²) in [4.78, 5) is 0. The molecule has 3 aliphatic carbocycles. The van der Waals surface area contributed by atoms with Crippen molar-refractivity contribution in [2.75, 3.05) is 6.16 Å². The largest absolute Gasteiger partial charge is 0.870 e. The Morgan fingerprint density at radius 2 is 0.917 bits per heavy atom. The molecule has 0 amide bonds. The van der Waals surface area contributed by atoms with Crippen LogP contribution >= 0.6 is 7.26 Å². The third-order valence-corrected chi connectivity index (χ3v) is 14.4. The zero-order valence-corrected chi connectivity index (χ0v) is 17.2. The van der Waals surface area contributed by atoms with Gasteiger partial charge in [0.15, 0.2) is 0 Å². The molecule has 0 spiro atoms. The zero-order valence-electron chi connectivity index (χ0n) is 16.4. The normalized spacial score (nSPS) is 25.4. The van der Waals surface area contributed by atoms with Crippen molar-refractivity contribution >= 4 is 7.26 Å². The van der Waals surface area contributed by atoms with Gasteiger partial charge in [-0.2, -0.15) is 0 Å². The van der Waals surface area contributed by atoms with Gasteiger partial charge < -0.3 is 5.48 Å². The fraction of sp³-hybridized carbons (Fsp3) is 1.00. The SMILES string of the molecule is CCCC[P+](C1CCCCC1)(C1CCCCC1)C1CCCCC1.[OH-]. The van der Waals surface area contributed by atoms with Gasteiger partial charge in [-0.15, -0.1) is 0 Å². The van der Waals surface area contributed by atoms with Crippen LogP contribution in [0.5, 0.6) is 0 Å². The molecule has 24 heavy (non-hydrogen) atoms. The van der Waals surface area contributed by atoms with E-state index in [1.165, 1.54) is 23.4 Å². The fourth-order valence-electron chi connectivity index (χ4n) is 6.56. The second kappa shape index (κ2) is 10.5. The lowest BCUT2D eigenvalue weighted by molar-refractivity contribution is 0.449. The summed E-state index contributed by atoms with van der Waals surface area (Å²) >= 11 is 0. The summed E-state index contributed by atoms with van der Waals surface area (Å²) in [5.41, 5.74) is 3.61. The molecule has 1 nitrogen and oxygen atoms in total. The molecule has 0 bridgehead atoms. The second-order valence-corrected chi connectivity index (χ2v) is 13.6. The maximum atomic E-state index is 2.44. The van der Waals surface area contributed by atoms with Crippen LogP contribution < -0.4 is 0 Å². The van der Waals surface area contributed by atoms with Crippen LogP contribution in [0.3, 0.4) is 0 Å². The molecule has 0 radical (unpaired) electrons. The molecule has 0 aliphatic heterocycles. The Morgan fingerprint density at radius 1 is 0.583 bits per heavy atom. The summed E-state index contributed by atoms with van der Waals surface area (Å²) in [5.74, 6) is 0. The highest BCUT2D eigenvalue weighted by molar-refractivity contribution is 7.77. The molecular weight excluding hydrogens is 311 g/mol. The lowest BCUT2D eigenvalue weighted by atomic mass is 9.99. The van der Waals surface area contributed by atoms with E-state index in [0.29, 0.717) is 0 Å². The van der Waals surface area contributed by atoms with Gasteiger partial charge in [-0.25, -0.2) is 0 Å². The maximum Gasteiger partial charge on any atom is 0.0703 e. The van der Waals surface area contributed by atoms with Gasteiger partial charge >= 0.3 is 0 Å². The molecule has 142 valence electrons. The average molecular weight is 355 g/mol. The smallest absolute Gasteiger partial charge is 0.0703 e. The summed E-state index contributed by atoms with van der Waals surface area (Å²) in [6.07, 6.45) is 28.5. The van der Waals surface area contributed by atoms with Gasteiger partial charge in [0.1, 0.15) is 0 Å². The average Bonchev–Trinajstić information content (AvgIpc) is 2.65. The van der Waals surface area contributed by atoms with Crippen molar-refractivity contribution in [2.45, 2.75) is 133 Å². The van der Waals surface area contributed by atoms with Crippen molar-refractivity contribution in [2.24, 2.45) is 0 Å². The van der Waals surface area contributed by atoms with E-state index in [2.05, 4.69) is 6.92 Å². The Hall–Kier alpha value is 0.390. The summed E-state index contributed by atoms with van der Waals surface area (Å²) in [5, 5.41) is 0. The molecule has 3 saturated carbocycles. The molecule has 3 aliphatic rings. The highest BCUT2D eigenvalue weighted by Gasteiger charge is 2.56. The molecule has 3 rings (SSSR count). The molecule has 0 aromatic carbocycles. The van der Waals surface area contributed by atoms with Crippen LogP contribution in [-0.4, -0.2) is 28.6 Å². The summed E-state index contributed by atoms with van der Waals surface area (Å²) in [7, 11) is -0.739. The van der Waals surface area contributed by atoms with Crippen LogP contribution in [0.1, 0.15) is 116 Å². The van der Waals surface area contributed by atoms with Crippen LogP contribution in [0.15, 0.2) is 0 Å². The van der Waals surface area contributed by atoms with Crippen LogP contribution in [-0.2, 0) is 0 Å². The number of hydrogen-bond acceptors (Lipinski definition) is 1. The first-order chi connectivity index (χ1) is 11.4. The Balaban J connectivity index is 0.00000208. The molecule has 0 aromatic heterocycles. The topological polar surface area (TPSA) is 30.0 Å². The number of hydrogen-bond donors (Lipinski definition) is 0. The highest BCUT2D eigenvalue weighted by Crippen LogP contribution is 2.77. The van der Waals surface area contributed by atoms with Gasteiger partial charge in [-0.3, -0.25) is 0 Å². The predicted molar refractivity (Wildman–Crippen MR) is 109 cm³/mol. The molecule has 0 heterocycles. The first-order valence-electron chi connectivity index (χ1n) is 11.2. The Bertz CT molecular complexity index is 279. The monoisotopic (exact) mass is 354 g/mol. The van der Waals surface area contributed by atoms with Gasteiger partial charge in [-0.05, 0) is 83.5 Å². The quantitative estimate of drug-likeness (QED) is 0.451. The van der Waals surface area contributed by atoms with E-state index >= 15 is 0 Å². The Labute approximate surface area is 152 Å². The van der Waals surface area contributed by atoms with Crippen molar-refractivity contribution in [3.8, 4) is 0 Å². The van der Waals surface area contributed by atoms with Crippen LogP contribution in [0, 0.1) is 0 Å². The highest BCUT2D eigenvalue weighted by atomic mass is 31.2. The van der Waals surface area contributed by atoms with E-state index < -0.39 is 7.26 Å². The van der Waals surface area contributed by atoms with Crippen molar-refractivity contribution in [1.82, 2.24) is 0 Å². The fourth-order valence-corrected chi connectivity index (χ4v) is 14.3. The van der Waals surface area contributed by atoms with E-state index in [-0.39, 0.29) is 5.48 Å². The third kappa shape index (κ3) is 4.56. The minimum atomic E-state index is -0.739. The molecule has 0 aromatic rings. The van der Waals surface area contributed by atoms with Crippen molar-refractivity contribution in [3.63, 3.8) is 0 Å². The van der Waals surface area contributed by atoms with Crippen molar-refractivity contribution < 1.29 is 5.48 Å². The van der Waals surface area contributed by atoms with Gasteiger partial charge in [0.2, 0.25) is 0 Å². The molecule has 0 unspecified atom stereocenters. The molecular formula is C22H43OP. The predicted octanol–water partition coefficient (Wildman–Crippen LogP) is 7.63. The van der Waals surface area contributed by atoms with E-state index in [1.807, 2.05) is 0 Å². The van der Waals surface area contributed by atoms with E-state index in [4.69, 9.17) is 0 Å². The van der Waals surface area contributed by atoms with E-state index in [1.54, 1.807) is 109 Å². The van der Waals surface area contributed by atoms with Crippen LogP contribution in [0.4, 0.5) is 0 Å². The van der Waals surface area contributed by atoms with E-state index in [9.17, 15) is 0 Å². The van der Waals surface area contributed by atoms with Crippen molar-refractivity contribution in [1.29, 1.82) is 0 Å². The minimum Gasteiger partial charge on any atom is -0.870 e. The lowest BCUT2D eigenvalue weighted by Gasteiger charge is -2.49. The first-order valence-corrected chi connectivity index (χ1v) is 13.4. The first kappa shape index (κ1) is 20.7. The maximum absolute atomic E-state index is 2.44. The second-order valence-electron chi connectivity index (χ2n) is 8.95. The third-order valence-electron chi connectivity index (χ3n) is 7.66.